The van der Waals surface area contributed by atoms with Crippen LogP contribution in [-0.4, -0.2) is 36.4 Å². The molecule has 0 saturated carbocycles. The predicted molar refractivity (Wildman–Crippen MR) is 98.5 cm³/mol. The molecule has 0 fully saturated rings. The molecule has 6 nitrogen and oxygen atoms in total. The lowest BCUT2D eigenvalue weighted by molar-refractivity contribution is 0.0691. The minimum atomic E-state index is -1.02. The van der Waals surface area contributed by atoms with Gasteiger partial charge in [-0.1, -0.05) is 0 Å². The smallest absolute Gasteiger partial charge is 0.355 e. The summed E-state index contributed by atoms with van der Waals surface area (Å²) < 4.78 is 16.3. The summed E-state index contributed by atoms with van der Waals surface area (Å²) in [6.45, 7) is 0.828. The SMILES string of the molecule is COc1ccc(OCCOc2ccc(-c3nc(C(=O)O)cs3)cc2)cc1. The lowest BCUT2D eigenvalue weighted by Crippen LogP contribution is -2.08. The van der Waals surface area contributed by atoms with Crippen LogP contribution in [0.2, 0.25) is 0 Å². The third kappa shape index (κ3) is 4.52. The first-order valence-corrected chi connectivity index (χ1v) is 8.72. The highest BCUT2D eigenvalue weighted by Gasteiger charge is 2.10. The van der Waals surface area contributed by atoms with Crippen LogP contribution < -0.4 is 14.2 Å². The van der Waals surface area contributed by atoms with Gasteiger partial charge >= 0.3 is 5.97 Å². The van der Waals surface area contributed by atoms with Gasteiger partial charge in [-0.25, -0.2) is 9.78 Å². The summed E-state index contributed by atoms with van der Waals surface area (Å²) in [4.78, 5) is 15.0. The zero-order chi connectivity index (χ0) is 18.4. The standard InChI is InChI=1S/C19H17NO5S/c1-23-14-6-8-16(9-7-14)25-11-10-24-15-4-2-13(3-5-15)18-20-17(12-26-18)19(21)22/h2-9,12H,10-11H2,1H3,(H,21,22). The van der Waals surface area contributed by atoms with E-state index >= 15 is 0 Å². The Morgan fingerprint density at radius 2 is 1.50 bits per heavy atom. The molecular formula is C19H17NO5S. The Hall–Kier alpha value is -3.06. The van der Waals surface area contributed by atoms with Gasteiger partial charge in [0.05, 0.1) is 7.11 Å². The van der Waals surface area contributed by atoms with Crippen LogP contribution in [0.3, 0.4) is 0 Å². The van der Waals surface area contributed by atoms with E-state index in [1.165, 1.54) is 16.7 Å². The van der Waals surface area contributed by atoms with Gasteiger partial charge in [-0.2, -0.15) is 0 Å². The maximum atomic E-state index is 10.9. The summed E-state index contributed by atoms with van der Waals surface area (Å²) >= 11 is 1.30. The van der Waals surface area contributed by atoms with Gasteiger partial charge in [-0.15, -0.1) is 11.3 Å². The molecule has 2 aromatic carbocycles. The largest absolute Gasteiger partial charge is 0.497 e. The van der Waals surface area contributed by atoms with Crippen molar-refractivity contribution in [3.8, 4) is 27.8 Å². The molecule has 1 N–H and O–H groups in total. The van der Waals surface area contributed by atoms with Gasteiger partial charge in [0.2, 0.25) is 0 Å². The number of carboxylic acids is 1. The quantitative estimate of drug-likeness (QED) is 0.604. The number of aromatic carboxylic acids is 1. The zero-order valence-electron chi connectivity index (χ0n) is 14.0. The molecule has 134 valence electrons. The fraction of sp³-hybridized carbons (Fsp3) is 0.158. The van der Waals surface area contributed by atoms with E-state index in [-0.39, 0.29) is 5.69 Å². The second kappa shape index (κ2) is 8.35. The van der Waals surface area contributed by atoms with Crippen molar-refractivity contribution in [3.05, 3.63) is 59.6 Å². The topological polar surface area (TPSA) is 77.9 Å². The predicted octanol–water partition coefficient (Wildman–Crippen LogP) is 3.97. The number of ether oxygens (including phenoxy) is 3. The minimum Gasteiger partial charge on any atom is -0.497 e. The molecule has 7 heteroatoms. The van der Waals surface area contributed by atoms with Crippen LogP contribution in [0.1, 0.15) is 10.5 Å². The third-order valence-corrected chi connectivity index (χ3v) is 4.40. The summed E-state index contributed by atoms with van der Waals surface area (Å²) in [7, 11) is 1.62. The zero-order valence-corrected chi connectivity index (χ0v) is 14.9. The van der Waals surface area contributed by atoms with E-state index in [4.69, 9.17) is 19.3 Å². The Labute approximate surface area is 154 Å². The fourth-order valence-corrected chi connectivity index (χ4v) is 2.99. The highest BCUT2D eigenvalue weighted by molar-refractivity contribution is 7.13. The number of thiazole rings is 1. The summed E-state index contributed by atoms with van der Waals surface area (Å²) in [5, 5.41) is 11.1. The Kier molecular flexibility index (Phi) is 5.70. The van der Waals surface area contributed by atoms with Crippen LogP contribution >= 0.6 is 11.3 Å². The summed E-state index contributed by atoms with van der Waals surface area (Å²) in [6.07, 6.45) is 0. The molecule has 0 aliphatic rings. The maximum absolute atomic E-state index is 10.9. The highest BCUT2D eigenvalue weighted by atomic mass is 32.1. The lowest BCUT2D eigenvalue weighted by atomic mass is 10.2. The molecule has 0 spiro atoms. The van der Waals surface area contributed by atoms with Crippen molar-refractivity contribution in [1.82, 2.24) is 4.98 Å². The van der Waals surface area contributed by atoms with Gasteiger partial charge < -0.3 is 19.3 Å². The maximum Gasteiger partial charge on any atom is 0.355 e. The normalized spacial score (nSPS) is 10.3. The van der Waals surface area contributed by atoms with E-state index in [0.717, 1.165) is 17.1 Å². The van der Waals surface area contributed by atoms with E-state index < -0.39 is 5.97 Å². The molecule has 0 bridgehead atoms. The van der Waals surface area contributed by atoms with Crippen molar-refractivity contribution < 1.29 is 24.1 Å². The number of carboxylic acid groups (broad SMARTS) is 1. The van der Waals surface area contributed by atoms with Crippen LogP contribution in [0.25, 0.3) is 10.6 Å². The number of hydrogen-bond acceptors (Lipinski definition) is 6. The Morgan fingerprint density at radius 1 is 0.962 bits per heavy atom. The van der Waals surface area contributed by atoms with Gasteiger partial charge in [-0.05, 0) is 48.5 Å². The van der Waals surface area contributed by atoms with Gasteiger partial charge in [0.25, 0.3) is 0 Å². The lowest BCUT2D eigenvalue weighted by Gasteiger charge is -2.09. The van der Waals surface area contributed by atoms with Crippen molar-refractivity contribution in [2.75, 3.05) is 20.3 Å². The van der Waals surface area contributed by atoms with Crippen molar-refractivity contribution in [1.29, 1.82) is 0 Å². The second-order valence-electron chi connectivity index (χ2n) is 5.24. The molecule has 0 aliphatic carbocycles. The van der Waals surface area contributed by atoms with Crippen molar-refractivity contribution in [3.63, 3.8) is 0 Å². The van der Waals surface area contributed by atoms with E-state index in [1.807, 2.05) is 48.5 Å². The van der Waals surface area contributed by atoms with Crippen LogP contribution in [0.15, 0.2) is 53.9 Å². The summed E-state index contributed by atoms with van der Waals surface area (Å²) in [5.74, 6) is 1.22. The second-order valence-corrected chi connectivity index (χ2v) is 6.10. The third-order valence-electron chi connectivity index (χ3n) is 3.50. The van der Waals surface area contributed by atoms with Gasteiger partial charge in [0, 0.05) is 10.9 Å². The Morgan fingerprint density at radius 3 is 2.00 bits per heavy atom. The van der Waals surface area contributed by atoms with Crippen molar-refractivity contribution in [2.45, 2.75) is 0 Å². The molecule has 0 unspecified atom stereocenters. The van der Waals surface area contributed by atoms with Crippen molar-refractivity contribution in [2.24, 2.45) is 0 Å². The van der Waals surface area contributed by atoms with Crippen LogP contribution in [0.4, 0.5) is 0 Å². The number of hydrogen-bond donors (Lipinski definition) is 1. The number of nitrogens with zero attached hydrogens (tertiary/aromatic N) is 1. The minimum absolute atomic E-state index is 0.0565. The van der Waals surface area contributed by atoms with Gasteiger partial charge in [0.15, 0.2) is 5.69 Å². The average Bonchev–Trinajstić information content (AvgIpc) is 3.17. The number of carbonyl (C=O) groups is 1. The first kappa shape index (κ1) is 17.8. The number of benzene rings is 2. The number of aromatic nitrogens is 1. The molecule has 0 atom stereocenters. The van der Waals surface area contributed by atoms with Crippen LogP contribution in [0.5, 0.6) is 17.2 Å². The first-order valence-electron chi connectivity index (χ1n) is 7.84. The molecule has 3 rings (SSSR count). The van der Waals surface area contributed by atoms with Crippen molar-refractivity contribution >= 4 is 17.3 Å². The summed E-state index contributed by atoms with van der Waals surface area (Å²) in [5.41, 5.74) is 0.908. The van der Waals surface area contributed by atoms with E-state index in [9.17, 15) is 4.79 Å². The molecule has 3 aromatic rings. The molecule has 0 saturated heterocycles. The average molecular weight is 371 g/mol. The van der Waals surface area contributed by atoms with E-state index in [1.54, 1.807) is 7.11 Å². The monoisotopic (exact) mass is 371 g/mol. The summed E-state index contributed by atoms with van der Waals surface area (Å²) in [6, 6.07) is 14.7. The highest BCUT2D eigenvalue weighted by Crippen LogP contribution is 2.25. The molecule has 1 heterocycles. The van der Waals surface area contributed by atoms with Crippen LogP contribution in [-0.2, 0) is 0 Å². The number of methoxy groups -OCH3 is 1. The Balaban J connectivity index is 1.48. The number of rotatable bonds is 8. The van der Waals surface area contributed by atoms with Gasteiger partial charge in [-0.3, -0.25) is 0 Å². The van der Waals surface area contributed by atoms with Gasteiger partial charge in [0.1, 0.15) is 35.5 Å². The molecule has 1 aromatic heterocycles. The molecule has 0 radical (unpaired) electrons. The molecule has 0 aliphatic heterocycles. The van der Waals surface area contributed by atoms with E-state index in [0.29, 0.717) is 24.0 Å². The first-order chi connectivity index (χ1) is 12.7. The fourth-order valence-electron chi connectivity index (χ4n) is 2.19. The molecule has 0 amide bonds. The molecule has 26 heavy (non-hydrogen) atoms. The Bertz CT molecular complexity index is 858. The molecular weight excluding hydrogens is 354 g/mol. The van der Waals surface area contributed by atoms with Crippen LogP contribution in [0, 0.1) is 0 Å². The van der Waals surface area contributed by atoms with E-state index in [2.05, 4.69) is 4.98 Å².